The standard InChI is InChI=1S/C12H16O5/c1-16-11(14)7-10-8(5-6-13)3-4-9(10)12(15)17-2/h3-4,6,8-10H,5,7H2,1-2H3/t8-,9-,10+/m1/s1. The molecule has 1 rings (SSSR count). The van der Waals surface area contributed by atoms with Gasteiger partial charge in [0.1, 0.15) is 6.29 Å². The molecule has 1 aliphatic carbocycles. The number of aldehydes is 1. The molecule has 0 bridgehead atoms. The second kappa shape index (κ2) is 6.18. The second-order valence-electron chi connectivity index (χ2n) is 3.94. The summed E-state index contributed by atoms with van der Waals surface area (Å²) < 4.78 is 9.27. The molecule has 0 fully saturated rings. The fraction of sp³-hybridized carbons (Fsp3) is 0.583. The van der Waals surface area contributed by atoms with E-state index in [9.17, 15) is 14.4 Å². The van der Waals surface area contributed by atoms with Crippen LogP contribution in [0.4, 0.5) is 0 Å². The lowest BCUT2D eigenvalue weighted by molar-refractivity contribution is -0.148. The van der Waals surface area contributed by atoms with Crippen LogP contribution in [0, 0.1) is 17.8 Å². The molecule has 0 radical (unpaired) electrons. The van der Waals surface area contributed by atoms with Gasteiger partial charge in [-0.2, -0.15) is 0 Å². The molecular formula is C12H16O5. The molecule has 5 nitrogen and oxygen atoms in total. The van der Waals surface area contributed by atoms with Crippen LogP contribution in [0.5, 0.6) is 0 Å². The molecule has 0 heterocycles. The van der Waals surface area contributed by atoms with Gasteiger partial charge in [-0.1, -0.05) is 12.2 Å². The summed E-state index contributed by atoms with van der Waals surface area (Å²) in [6.45, 7) is 0. The minimum absolute atomic E-state index is 0.101. The molecule has 3 atom stereocenters. The van der Waals surface area contributed by atoms with Crippen LogP contribution in [-0.4, -0.2) is 32.4 Å². The quantitative estimate of drug-likeness (QED) is 0.402. The van der Waals surface area contributed by atoms with Crippen LogP contribution in [0.1, 0.15) is 12.8 Å². The van der Waals surface area contributed by atoms with E-state index in [0.717, 1.165) is 6.29 Å². The SMILES string of the molecule is COC(=O)C[C@H]1[C@@H](CC=O)C=C[C@H]1C(=O)OC. The topological polar surface area (TPSA) is 69.7 Å². The van der Waals surface area contributed by atoms with Gasteiger partial charge in [0.05, 0.1) is 26.6 Å². The Morgan fingerprint density at radius 3 is 2.47 bits per heavy atom. The highest BCUT2D eigenvalue weighted by molar-refractivity contribution is 5.78. The molecule has 0 saturated heterocycles. The Bertz CT molecular complexity index is 334. The molecule has 0 aromatic rings. The minimum atomic E-state index is -0.468. The zero-order valence-corrected chi connectivity index (χ0v) is 9.92. The average molecular weight is 240 g/mol. The van der Waals surface area contributed by atoms with Gasteiger partial charge in [0, 0.05) is 6.42 Å². The minimum Gasteiger partial charge on any atom is -0.469 e. The first-order valence-corrected chi connectivity index (χ1v) is 5.40. The summed E-state index contributed by atoms with van der Waals surface area (Å²) in [6, 6.07) is 0. The first-order valence-electron chi connectivity index (χ1n) is 5.40. The van der Waals surface area contributed by atoms with E-state index in [-0.39, 0.29) is 30.2 Å². The first kappa shape index (κ1) is 13.4. The largest absolute Gasteiger partial charge is 0.469 e. The van der Waals surface area contributed by atoms with Crippen molar-refractivity contribution < 1.29 is 23.9 Å². The molecule has 0 aromatic carbocycles. The van der Waals surface area contributed by atoms with Gasteiger partial charge in [-0.05, 0) is 11.8 Å². The molecule has 0 unspecified atom stereocenters. The lowest BCUT2D eigenvalue weighted by Gasteiger charge is -2.21. The van der Waals surface area contributed by atoms with Crippen molar-refractivity contribution in [1.29, 1.82) is 0 Å². The van der Waals surface area contributed by atoms with Crippen LogP contribution in [0.3, 0.4) is 0 Å². The number of methoxy groups -OCH3 is 2. The Morgan fingerprint density at radius 2 is 1.94 bits per heavy atom. The van der Waals surface area contributed by atoms with Crippen molar-refractivity contribution in [3.05, 3.63) is 12.2 Å². The number of carbonyl (C=O) groups excluding carboxylic acids is 3. The molecule has 5 heteroatoms. The smallest absolute Gasteiger partial charge is 0.312 e. The van der Waals surface area contributed by atoms with Crippen LogP contribution < -0.4 is 0 Å². The molecule has 17 heavy (non-hydrogen) atoms. The highest BCUT2D eigenvalue weighted by Crippen LogP contribution is 2.36. The Kier molecular flexibility index (Phi) is 4.87. The zero-order valence-electron chi connectivity index (χ0n) is 9.92. The fourth-order valence-electron chi connectivity index (χ4n) is 2.12. The number of ether oxygens (including phenoxy) is 2. The van der Waals surface area contributed by atoms with Crippen molar-refractivity contribution in [2.45, 2.75) is 12.8 Å². The van der Waals surface area contributed by atoms with Crippen molar-refractivity contribution in [3.63, 3.8) is 0 Å². The van der Waals surface area contributed by atoms with Crippen molar-refractivity contribution in [3.8, 4) is 0 Å². The van der Waals surface area contributed by atoms with Gasteiger partial charge >= 0.3 is 11.9 Å². The third-order valence-electron chi connectivity index (χ3n) is 3.05. The molecule has 0 aliphatic heterocycles. The van der Waals surface area contributed by atoms with Gasteiger partial charge in [-0.25, -0.2) is 0 Å². The zero-order chi connectivity index (χ0) is 12.8. The monoisotopic (exact) mass is 240 g/mol. The van der Waals surface area contributed by atoms with Gasteiger partial charge in [-0.15, -0.1) is 0 Å². The van der Waals surface area contributed by atoms with Crippen LogP contribution in [0.2, 0.25) is 0 Å². The normalized spacial score (nSPS) is 26.6. The van der Waals surface area contributed by atoms with Crippen LogP contribution in [0.25, 0.3) is 0 Å². The summed E-state index contributed by atoms with van der Waals surface area (Å²) in [4.78, 5) is 33.4. The summed E-state index contributed by atoms with van der Waals surface area (Å²) in [5.41, 5.74) is 0. The summed E-state index contributed by atoms with van der Waals surface area (Å²) >= 11 is 0. The maximum Gasteiger partial charge on any atom is 0.312 e. The highest BCUT2D eigenvalue weighted by Gasteiger charge is 2.38. The third-order valence-corrected chi connectivity index (χ3v) is 3.05. The van der Waals surface area contributed by atoms with Gasteiger partial charge in [0.25, 0.3) is 0 Å². The maximum absolute atomic E-state index is 11.5. The van der Waals surface area contributed by atoms with Gasteiger partial charge in [0.2, 0.25) is 0 Å². The van der Waals surface area contributed by atoms with Crippen molar-refractivity contribution in [2.24, 2.45) is 17.8 Å². The van der Waals surface area contributed by atoms with Gasteiger partial charge in [0.15, 0.2) is 0 Å². The Hall–Kier alpha value is -1.65. The summed E-state index contributed by atoms with van der Waals surface area (Å²) in [5.74, 6) is -1.59. The number of rotatable bonds is 5. The Morgan fingerprint density at radius 1 is 1.24 bits per heavy atom. The summed E-state index contributed by atoms with van der Waals surface area (Å²) in [5, 5.41) is 0. The molecule has 0 amide bonds. The average Bonchev–Trinajstić information content (AvgIpc) is 2.72. The molecule has 0 aromatic heterocycles. The highest BCUT2D eigenvalue weighted by atomic mass is 16.5. The summed E-state index contributed by atoms with van der Waals surface area (Å²) in [6.07, 6.45) is 4.70. The number of carbonyl (C=O) groups is 3. The molecular weight excluding hydrogens is 224 g/mol. The number of hydrogen-bond acceptors (Lipinski definition) is 5. The van der Waals surface area contributed by atoms with Crippen LogP contribution >= 0.6 is 0 Å². The number of allylic oxidation sites excluding steroid dienone is 1. The van der Waals surface area contributed by atoms with E-state index in [1.807, 2.05) is 0 Å². The lowest BCUT2D eigenvalue weighted by Crippen LogP contribution is -2.27. The van der Waals surface area contributed by atoms with E-state index in [2.05, 4.69) is 9.47 Å². The van der Waals surface area contributed by atoms with E-state index in [1.165, 1.54) is 14.2 Å². The predicted octanol–water partition coefficient (Wildman–Crippen LogP) is 0.730. The third kappa shape index (κ3) is 3.15. The van der Waals surface area contributed by atoms with Crippen LogP contribution in [-0.2, 0) is 23.9 Å². The molecule has 1 aliphatic rings. The lowest BCUT2D eigenvalue weighted by atomic mass is 9.84. The van der Waals surface area contributed by atoms with Crippen LogP contribution in [0.15, 0.2) is 12.2 Å². The van der Waals surface area contributed by atoms with E-state index in [0.29, 0.717) is 6.42 Å². The van der Waals surface area contributed by atoms with Gasteiger partial charge in [-0.3, -0.25) is 9.59 Å². The van der Waals surface area contributed by atoms with Gasteiger partial charge < -0.3 is 14.3 Å². The Balaban J connectivity index is 2.77. The van der Waals surface area contributed by atoms with Crippen molar-refractivity contribution in [1.82, 2.24) is 0 Å². The predicted molar refractivity (Wildman–Crippen MR) is 58.9 cm³/mol. The molecule has 94 valence electrons. The molecule has 0 N–H and O–H groups in total. The molecule has 0 saturated carbocycles. The van der Waals surface area contributed by atoms with Crippen molar-refractivity contribution >= 4 is 18.2 Å². The van der Waals surface area contributed by atoms with E-state index >= 15 is 0 Å². The Labute approximate surface area is 99.8 Å². The fourth-order valence-corrected chi connectivity index (χ4v) is 2.12. The maximum atomic E-state index is 11.5. The number of hydrogen-bond donors (Lipinski definition) is 0. The summed E-state index contributed by atoms with van der Waals surface area (Å²) in [7, 11) is 2.60. The van der Waals surface area contributed by atoms with Crippen molar-refractivity contribution in [2.75, 3.05) is 14.2 Å². The number of esters is 2. The second-order valence-corrected chi connectivity index (χ2v) is 3.94. The van der Waals surface area contributed by atoms with E-state index in [4.69, 9.17) is 0 Å². The van der Waals surface area contributed by atoms with E-state index < -0.39 is 5.92 Å². The van der Waals surface area contributed by atoms with E-state index in [1.54, 1.807) is 12.2 Å². The molecule has 0 spiro atoms. The first-order chi connectivity index (χ1) is 8.13.